The molecular formula is C23H29N3O3S3. The number of esters is 1. The van der Waals surface area contributed by atoms with Gasteiger partial charge >= 0.3 is 5.97 Å². The number of anilines is 1. The lowest BCUT2D eigenvalue weighted by Gasteiger charge is -2.34. The second kappa shape index (κ2) is 12.3. The summed E-state index contributed by atoms with van der Waals surface area (Å²) in [6.45, 7) is 5.82. The van der Waals surface area contributed by atoms with Crippen LogP contribution in [0.5, 0.6) is 0 Å². The average Bonchev–Trinajstić information content (AvgIpc) is 3.21. The Labute approximate surface area is 203 Å². The van der Waals surface area contributed by atoms with Gasteiger partial charge in [0.15, 0.2) is 5.13 Å². The Balaban J connectivity index is 1.41. The largest absolute Gasteiger partial charge is 0.466 e. The number of benzene rings is 1. The number of nitrogens with one attached hydrogen (secondary N) is 1. The summed E-state index contributed by atoms with van der Waals surface area (Å²) in [7, 11) is 0. The van der Waals surface area contributed by atoms with Crippen molar-refractivity contribution in [2.24, 2.45) is 5.92 Å². The van der Waals surface area contributed by atoms with Crippen molar-refractivity contribution in [3.8, 4) is 0 Å². The fourth-order valence-corrected chi connectivity index (χ4v) is 5.69. The number of amides is 1. The minimum atomic E-state index is -0.332. The number of carbonyl (C=O) groups excluding carboxylic acids is 2. The van der Waals surface area contributed by atoms with Crippen molar-refractivity contribution < 1.29 is 14.3 Å². The first-order chi connectivity index (χ1) is 15.4. The van der Waals surface area contributed by atoms with Gasteiger partial charge in [-0.15, -0.1) is 11.3 Å². The van der Waals surface area contributed by atoms with Crippen LogP contribution in [0.15, 0.2) is 35.7 Å². The molecular weight excluding hydrogens is 462 g/mol. The molecule has 9 heteroatoms. The number of thiocarbonyl (C=S) groups is 1. The third-order valence-corrected chi connectivity index (χ3v) is 7.68. The summed E-state index contributed by atoms with van der Waals surface area (Å²) >= 11 is 8.33. The Morgan fingerprint density at radius 3 is 2.72 bits per heavy atom. The Hall–Kier alpha value is -1.97. The second-order valence-corrected chi connectivity index (χ2v) is 10.6. The van der Waals surface area contributed by atoms with Crippen LogP contribution in [0.25, 0.3) is 0 Å². The summed E-state index contributed by atoms with van der Waals surface area (Å²) in [4.78, 5) is 30.7. The van der Waals surface area contributed by atoms with Crippen molar-refractivity contribution in [3.05, 3.63) is 47.0 Å². The van der Waals surface area contributed by atoms with E-state index < -0.39 is 0 Å². The van der Waals surface area contributed by atoms with E-state index in [-0.39, 0.29) is 23.5 Å². The van der Waals surface area contributed by atoms with E-state index in [1.165, 1.54) is 28.7 Å². The number of ether oxygens (including phenoxy) is 1. The normalized spacial score (nSPS) is 15.2. The minimum Gasteiger partial charge on any atom is -0.466 e. The number of thiazole rings is 1. The predicted molar refractivity (Wildman–Crippen MR) is 135 cm³/mol. The van der Waals surface area contributed by atoms with Crippen LogP contribution >= 0.6 is 35.3 Å². The molecule has 1 aliphatic rings. The molecule has 2 aromatic rings. The molecule has 1 aromatic heterocycles. The number of likely N-dealkylation sites (tertiary alicyclic amines) is 1. The maximum Gasteiger partial charge on any atom is 0.311 e. The predicted octanol–water partition coefficient (Wildman–Crippen LogP) is 4.55. The van der Waals surface area contributed by atoms with Gasteiger partial charge < -0.3 is 15.0 Å². The lowest BCUT2D eigenvalue weighted by atomic mass is 9.90. The van der Waals surface area contributed by atoms with Crippen LogP contribution in [0.1, 0.15) is 37.9 Å². The van der Waals surface area contributed by atoms with E-state index in [2.05, 4.69) is 45.5 Å². The van der Waals surface area contributed by atoms with Gasteiger partial charge in [0.1, 0.15) is 4.32 Å². The number of nitrogens with zero attached hydrogens (tertiary/aromatic N) is 2. The number of carbonyl (C=O) groups is 2. The standard InChI is InChI=1S/C23H29N3O3S3/c1-3-29-20(27)14-19-15-31-22(24-19)25-21(28)16(2)32-23(30)26-11-9-18(10-12-26)13-17-7-5-4-6-8-17/h4-8,15-16,18H,3,9-14H2,1-2H3,(H,24,25,28). The van der Waals surface area contributed by atoms with Gasteiger partial charge in [-0.2, -0.15) is 0 Å². The summed E-state index contributed by atoms with van der Waals surface area (Å²) in [5.74, 6) is 0.210. The number of hydrogen-bond donors (Lipinski definition) is 1. The van der Waals surface area contributed by atoms with E-state index in [4.69, 9.17) is 17.0 Å². The van der Waals surface area contributed by atoms with Crippen LogP contribution in [0.3, 0.4) is 0 Å². The van der Waals surface area contributed by atoms with E-state index in [0.717, 1.165) is 36.7 Å². The van der Waals surface area contributed by atoms with E-state index in [9.17, 15) is 9.59 Å². The number of thioether (sulfide) groups is 1. The van der Waals surface area contributed by atoms with Crippen molar-refractivity contribution >= 4 is 56.6 Å². The van der Waals surface area contributed by atoms with E-state index in [0.29, 0.717) is 23.4 Å². The number of aromatic nitrogens is 1. The minimum absolute atomic E-state index is 0.106. The molecule has 172 valence electrons. The highest BCUT2D eigenvalue weighted by Gasteiger charge is 2.24. The lowest BCUT2D eigenvalue weighted by Crippen LogP contribution is -2.38. The van der Waals surface area contributed by atoms with Gasteiger partial charge in [-0.05, 0) is 44.6 Å². The molecule has 1 aromatic carbocycles. The molecule has 1 amide bonds. The summed E-state index contributed by atoms with van der Waals surface area (Å²) in [5.41, 5.74) is 1.98. The van der Waals surface area contributed by atoms with Crippen LogP contribution in [0.4, 0.5) is 5.13 Å². The molecule has 0 radical (unpaired) electrons. The highest BCUT2D eigenvalue weighted by Crippen LogP contribution is 2.26. The Morgan fingerprint density at radius 1 is 1.31 bits per heavy atom. The van der Waals surface area contributed by atoms with Gasteiger partial charge in [0.2, 0.25) is 5.91 Å². The summed E-state index contributed by atoms with van der Waals surface area (Å²) in [6.07, 6.45) is 3.44. The van der Waals surface area contributed by atoms with Crippen molar-refractivity contribution in [1.82, 2.24) is 9.88 Å². The zero-order valence-electron chi connectivity index (χ0n) is 18.4. The molecule has 1 N–H and O–H groups in total. The first-order valence-corrected chi connectivity index (χ1v) is 13.0. The van der Waals surface area contributed by atoms with Crippen molar-refractivity contribution in [2.45, 2.75) is 44.8 Å². The van der Waals surface area contributed by atoms with Crippen LogP contribution in [-0.4, -0.2) is 51.0 Å². The first-order valence-electron chi connectivity index (χ1n) is 10.8. The smallest absolute Gasteiger partial charge is 0.311 e. The monoisotopic (exact) mass is 491 g/mol. The molecule has 0 saturated carbocycles. The molecule has 2 heterocycles. The third kappa shape index (κ3) is 7.56. The van der Waals surface area contributed by atoms with Gasteiger partial charge in [-0.1, -0.05) is 54.3 Å². The number of rotatable bonds is 8. The summed E-state index contributed by atoms with van der Waals surface area (Å²) < 4.78 is 5.70. The molecule has 1 saturated heterocycles. The maximum atomic E-state index is 12.6. The molecule has 3 rings (SSSR count). The first kappa shape index (κ1) is 24.7. The summed E-state index contributed by atoms with van der Waals surface area (Å²) in [5, 5.41) is 4.74. The number of piperidine rings is 1. The molecule has 0 spiro atoms. The molecule has 0 bridgehead atoms. The zero-order valence-corrected chi connectivity index (χ0v) is 20.9. The van der Waals surface area contributed by atoms with Crippen LogP contribution in [-0.2, 0) is 27.2 Å². The highest BCUT2D eigenvalue weighted by molar-refractivity contribution is 8.23. The fourth-order valence-electron chi connectivity index (χ4n) is 3.56. The van der Waals surface area contributed by atoms with Crippen molar-refractivity contribution in [3.63, 3.8) is 0 Å². The van der Waals surface area contributed by atoms with Gasteiger partial charge in [0.05, 0.1) is 24.0 Å². The van der Waals surface area contributed by atoms with E-state index in [1.807, 2.05) is 6.92 Å². The topological polar surface area (TPSA) is 71.5 Å². The molecule has 1 fully saturated rings. The van der Waals surface area contributed by atoms with Gasteiger partial charge in [0, 0.05) is 18.5 Å². The Kier molecular flexibility index (Phi) is 9.50. The zero-order chi connectivity index (χ0) is 22.9. The second-order valence-electron chi connectivity index (χ2n) is 7.76. The molecule has 0 aliphatic carbocycles. The van der Waals surface area contributed by atoms with Gasteiger partial charge in [0.25, 0.3) is 0 Å². The molecule has 1 atom stereocenters. The molecule has 6 nitrogen and oxygen atoms in total. The average molecular weight is 492 g/mol. The quantitative estimate of drug-likeness (QED) is 0.429. The number of hydrogen-bond acceptors (Lipinski definition) is 7. The van der Waals surface area contributed by atoms with Crippen LogP contribution in [0.2, 0.25) is 0 Å². The van der Waals surface area contributed by atoms with Gasteiger partial charge in [-0.3, -0.25) is 9.59 Å². The maximum absolute atomic E-state index is 12.6. The SMILES string of the molecule is CCOC(=O)Cc1csc(NC(=O)C(C)SC(=S)N2CCC(Cc3ccccc3)CC2)n1. The summed E-state index contributed by atoms with van der Waals surface area (Å²) in [6, 6.07) is 10.6. The van der Waals surface area contributed by atoms with Crippen LogP contribution in [0, 0.1) is 5.92 Å². The van der Waals surface area contributed by atoms with Gasteiger partial charge in [-0.25, -0.2) is 4.98 Å². The molecule has 1 aliphatic heterocycles. The molecule has 32 heavy (non-hydrogen) atoms. The lowest BCUT2D eigenvalue weighted by molar-refractivity contribution is -0.142. The Bertz CT molecular complexity index is 911. The Morgan fingerprint density at radius 2 is 2.03 bits per heavy atom. The van der Waals surface area contributed by atoms with Crippen LogP contribution < -0.4 is 5.32 Å². The van der Waals surface area contributed by atoms with E-state index in [1.54, 1.807) is 12.3 Å². The third-order valence-electron chi connectivity index (χ3n) is 5.30. The van der Waals surface area contributed by atoms with Crippen molar-refractivity contribution in [2.75, 3.05) is 25.0 Å². The van der Waals surface area contributed by atoms with E-state index >= 15 is 0 Å². The molecule has 1 unspecified atom stereocenters. The highest BCUT2D eigenvalue weighted by atomic mass is 32.2. The fraction of sp³-hybridized carbons (Fsp3) is 0.478. The van der Waals surface area contributed by atoms with Crippen molar-refractivity contribution in [1.29, 1.82) is 0 Å².